The molecule has 1 fully saturated rings. The average Bonchev–Trinajstić information content (AvgIpc) is 3.02. The van der Waals surface area contributed by atoms with Gasteiger partial charge in [0, 0.05) is 25.0 Å². The molecule has 5 nitrogen and oxygen atoms in total. The molecule has 1 aliphatic heterocycles. The minimum absolute atomic E-state index is 0.184. The van der Waals surface area contributed by atoms with Gasteiger partial charge in [0.05, 0.1) is 5.69 Å². The minimum Gasteiger partial charge on any atom is -0.481 e. The van der Waals surface area contributed by atoms with Crippen LogP contribution in [0.4, 0.5) is 5.13 Å². The van der Waals surface area contributed by atoms with E-state index in [1.54, 1.807) is 6.92 Å². The molecule has 3 atom stereocenters. The maximum atomic E-state index is 12.4. The van der Waals surface area contributed by atoms with Gasteiger partial charge in [0.1, 0.15) is 5.75 Å². The fraction of sp³-hybridized carbons (Fsp3) is 0.524. The summed E-state index contributed by atoms with van der Waals surface area (Å²) in [5.74, 6) is 1.96. The molecule has 3 rings (SSSR count). The zero-order valence-corrected chi connectivity index (χ0v) is 17.4. The van der Waals surface area contributed by atoms with Crippen molar-refractivity contribution in [1.82, 2.24) is 9.88 Å². The van der Waals surface area contributed by atoms with E-state index in [-0.39, 0.29) is 5.91 Å². The Morgan fingerprint density at radius 3 is 2.63 bits per heavy atom. The van der Waals surface area contributed by atoms with Crippen LogP contribution in [0.1, 0.15) is 38.4 Å². The predicted molar refractivity (Wildman–Crippen MR) is 110 cm³/mol. The van der Waals surface area contributed by atoms with E-state index in [0.29, 0.717) is 10.9 Å². The summed E-state index contributed by atoms with van der Waals surface area (Å²) in [7, 11) is 0. The topological polar surface area (TPSA) is 54.5 Å². The number of aryl methyl sites for hydroxylation is 1. The van der Waals surface area contributed by atoms with Crippen LogP contribution in [-0.2, 0) is 11.3 Å². The number of amides is 1. The van der Waals surface area contributed by atoms with Gasteiger partial charge in [-0.05, 0) is 44.2 Å². The summed E-state index contributed by atoms with van der Waals surface area (Å²) in [4.78, 5) is 19.4. The third-order valence-electron chi connectivity index (χ3n) is 4.82. The molecule has 3 unspecified atom stereocenters. The van der Waals surface area contributed by atoms with Crippen LogP contribution in [0.3, 0.4) is 0 Å². The number of aromatic nitrogens is 1. The number of hydrogen-bond donors (Lipinski definition) is 1. The van der Waals surface area contributed by atoms with Gasteiger partial charge >= 0.3 is 0 Å². The molecule has 1 N–H and O–H groups in total. The van der Waals surface area contributed by atoms with Crippen molar-refractivity contribution in [3.8, 4) is 5.75 Å². The number of carbonyl (C=O) groups is 1. The van der Waals surface area contributed by atoms with Gasteiger partial charge in [-0.2, -0.15) is 0 Å². The van der Waals surface area contributed by atoms with Gasteiger partial charge in [0.15, 0.2) is 11.2 Å². The molecule has 1 aromatic carbocycles. The van der Waals surface area contributed by atoms with E-state index >= 15 is 0 Å². The van der Waals surface area contributed by atoms with Crippen LogP contribution < -0.4 is 10.1 Å². The molecule has 0 saturated carbocycles. The van der Waals surface area contributed by atoms with E-state index in [1.807, 2.05) is 36.6 Å². The van der Waals surface area contributed by atoms with Crippen molar-refractivity contribution < 1.29 is 9.53 Å². The quantitative estimate of drug-likeness (QED) is 0.801. The molecular formula is C21H29N3O2S. The first-order chi connectivity index (χ1) is 12.9. The lowest BCUT2D eigenvalue weighted by Crippen LogP contribution is -2.38. The van der Waals surface area contributed by atoms with Crippen LogP contribution in [0.2, 0.25) is 0 Å². The summed E-state index contributed by atoms with van der Waals surface area (Å²) in [6, 6.07) is 7.69. The molecule has 27 heavy (non-hydrogen) atoms. The maximum Gasteiger partial charge on any atom is 0.266 e. The van der Waals surface area contributed by atoms with Crippen molar-refractivity contribution in [3.63, 3.8) is 0 Å². The Kier molecular flexibility index (Phi) is 6.50. The monoisotopic (exact) mass is 387 g/mol. The fourth-order valence-corrected chi connectivity index (χ4v) is 4.37. The Bertz CT molecular complexity index is 749. The van der Waals surface area contributed by atoms with E-state index in [0.717, 1.165) is 42.7 Å². The number of hydrogen-bond acceptors (Lipinski definition) is 5. The summed E-state index contributed by atoms with van der Waals surface area (Å²) in [5.41, 5.74) is 2.18. The lowest BCUT2D eigenvalue weighted by molar-refractivity contribution is -0.122. The van der Waals surface area contributed by atoms with Gasteiger partial charge in [-0.15, -0.1) is 11.3 Å². The highest BCUT2D eigenvalue weighted by Gasteiger charge is 2.23. The summed E-state index contributed by atoms with van der Waals surface area (Å²) in [6.07, 6.45) is 0.720. The third-order valence-corrected chi connectivity index (χ3v) is 5.62. The minimum atomic E-state index is -0.580. The third kappa shape index (κ3) is 5.78. The van der Waals surface area contributed by atoms with Crippen molar-refractivity contribution >= 4 is 22.4 Å². The van der Waals surface area contributed by atoms with Crippen molar-refractivity contribution in [3.05, 3.63) is 40.9 Å². The molecule has 146 valence electrons. The van der Waals surface area contributed by atoms with Crippen molar-refractivity contribution in [2.45, 2.75) is 46.8 Å². The second-order valence-electron chi connectivity index (χ2n) is 7.85. The van der Waals surface area contributed by atoms with Crippen LogP contribution in [0, 0.1) is 18.8 Å². The standard InChI is InChI=1S/C21H29N3O2S/c1-14-5-7-19(8-6-14)26-17(4)20(25)23-21-22-18(13-27-21)12-24-10-15(2)9-16(3)11-24/h5-8,13,15-17H,9-12H2,1-4H3,(H,22,23,25). The number of nitrogens with one attached hydrogen (secondary N) is 1. The highest BCUT2D eigenvalue weighted by molar-refractivity contribution is 7.13. The second-order valence-corrected chi connectivity index (χ2v) is 8.70. The Labute approximate surface area is 165 Å². The number of piperidine rings is 1. The van der Waals surface area contributed by atoms with Gasteiger partial charge in [-0.3, -0.25) is 15.0 Å². The normalized spacial score (nSPS) is 21.6. The zero-order valence-electron chi connectivity index (χ0n) is 16.6. The van der Waals surface area contributed by atoms with E-state index in [2.05, 4.69) is 29.0 Å². The number of likely N-dealkylation sites (tertiary alicyclic amines) is 1. The van der Waals surface area contributed by atoms with E-state index in [4.69, 9.17) is 4.74 Å². The van der Waals surface area contributed by atoms with Crippen LogP contribution in [-0.4, -0.2) is 35.0 Å². The molecule has 0 aliphatic carbocycles. The molecule has 6 heteroatoms. The first-order valence-electron chi connectivity index (χ1n) is 9.60. The molecule has 0 spiro atoms. The van der Waals surface area contributed by atoms with E-state index in [9.17, 15) is 4.79 Å². The molecule has 0 bridgehead atoms. The zero-order chi connectivity index (χ0) is 19.4. The van der Waals surface area contributed by atoms with Gasteiger partial charge in [0.2, 0.25) is 0 Å². The SMILES string of the molecule is Cc1ccc(OC(C)C(=O)Nc2nc(CN3CC(C)CC(C)C3)cs2)cc1. The Morgan fingerprint density at radius 1 is 1.30 bits per heavy atom. The predicted octanol–water partition coefficient (Wildman–Crippen LogP) is 4.34. The van der Waals surface area contributed by atoms with Crippen molar-refractivity contribution in [1.29, 1.82) is 0 Å². The molecule has 1 saturated heterocycles. The number of carbonyl (C=O) groups excluding carboxylic acids is 1. The summed E-state index contributed by atoms with van der Waals surface area (Å²) in [5, 5.41) is 5.54. The summed E-state index contributed by atoms with van der Waals surface area (Å²) in [6.45, 7) is 11.5. The molecule has 2 aromatic rings. The average molecular weight is 388 g/mol. The first-order valence-corrected chi connectivity index (χ1v) is 10.5. The van der Waals surface area contributed by atoms with Gasteiger partial charge in [0.25, 0.3) is 5.91 Å². The molecule has 2 heterocycles. The van der Waals surface area contributed by atoms with Gasteiger partial charge in [-0.25, -0.2) is 4.98 Å². The number of thiazole rings is 1. The molecule has 1 amide bonds. The number of benzene rings is 1. The maximum absolute atomic E-state index is 12.4. The summed E-state index contributed by atoms with van der Waals surface area (Å²) < 4.78 is 5.71. The Balaban J connectivity index is 1.52. The second kappa shape index (κ2) is 8.85. The molecule has 1 aliphatic rings. The van der Waals surface area contributed by atoms with Crippen molar-refractivity contribution in [2.24, 2.45) is 11.8 Å². The van der Waals surface area contributed by atoms with Gasteiger partial charge in [-0.1, -0.05) is 31.5 Å². The lowest BCUT2D eigenvalue weighted by Gasteiger charge is -2.34. The largest absolute Gasteiger partial charge is 0.481 e. The highest BCUT2D eigenvalue weighted by atomic mass is 32.1. The van der Waals surface area contributed by atoms with Crippen molar-refractivity contribution in [2.75, 3.05) is 18.4 Å². The smallest absolute Gasteiger partial charge is 0.266 e. The highest BCUT2D eigenvalue weighted by Crippen LogP contribution is 2.24. The fourth-order valence-electron chi connectivity index (χ4n) is 3.67. The van der Waals surface area contributed by atoms with Gasteiger partial charge < -0.3 is 4.74 Å². The molecule has 1 aromatic heterocycles. The molecule has 0 radical (unpaired) electrons. The van der Waals surface area contributed by atoms with Crippen LogP contribution >= 0.6 is 11.3 Å². The van der Waals surface area contributed by atoms with E-state index in [1.165, 1.54) is 17.8 Å². The first kappa shape index (κ1) is 19.8. The van der Waals surface area contributed by atoms with E-state index < -0.39 is 6.10 Å². The Hall–Kier alpha value is -1.92. The van der Waals surface area contributed by atoms with Crippen LogP contribution in [0.25, 0.3) is 0 Å². The van der Waals surface area contributed by atoms with Crippen LogP contribution in [0.15, 0.2) is 29.6 Å². The van der Waals surface area contributed by atoms with Crippen LogP contribution in [0.5, 0.6) is 5.75 Å². The number of ether oxygens (including phenoxy) is 1. The molecular weight excluding hydrogens is 358 g/mol. The number of anilines is 1. The number of rotatable bonds is 6. The summed E-state index contributed by atoms with van der Waals surface area (Å²) >= 11 is 1.47. The number of nitrogens with zero attached hydrogens (tertiary/aromatic N) is 2. The Morgan fingerprint density at radius 2 is 1.96 bits per heavy atom. The lowest BCUT2D eigenvalue weighted by atomic mass is 9.92.